The van der Waals surface area contributed by atoms with Gasteiger partial charge in [0.05, 0.1) is 13.0 Å². The van der Waals surface area contributed by atoms with Crippen molar-refractivity contribution < 1.29 is 85.2 Å². The number of ether oxygens (including phenoxy) is 1. The Morgan fingerprint density at radius 3 is 2.28 bits per heavy atom. The van der Waals surface area contributed by atoms with Crippen LogP contribution in [0.25, 0.3) is 0 Å². The third kappa shape index (κ3) is 9.42. The molecule has 0 fully saturated rings. The molecule has 1 unspecified atom stereocenters. The number of esters is 1. The molecule has 18 heavy (non-hydrogen) atoms. The van der Waals surface area contributed by atoms with E-state index in [2.05, 4.69) is 4.74 Å². The molecule has 0 aromatic rings. The van der Waals surface area contributed by atoms with Gasteiger partial charge in [-0.15, -0.1) is 0 Å². The van der Waals surface area contributed by atoms with Gasteiger partial charge < -0.3 is 11.3 Å². The maximum absolute atomic E-state index is 11.3. The Bertz CT molecular complexity index is 371. The van der Waals surface area contributed by atoms with Crippen LogP contribution >= 0.6 is 0 Å². The molecule has 1 atom stereocenters. The average molecular weight is 308 g/mol. The standard InChI is InChI=1S/C9H16O7S.K.H/c1-2-3-4-5-16-9(12)7(6-8(10)11)17(13,14)15;;/h7H,2-6H2,1H3,(H,10,11)(H,13,14,15);;/q;+1;-1. The Hall–Kier alpha value is 0.486. The van der Waals surface area contributed by atoms with Gasteiger partial charge in [-0.1, -0.05) is 19.8 Å². The maximum atomic E-state index is 11.3. The number of carboxylic acid groups (broad SMARTS) is 1. The predicted octanol–water partition coefficient (Wildman–Crippen LogP) is -2.43. The Kier molecular flexibility index (Phi) is 11.9. The zero-order chi connectivity index (χ0) is 13.5. The largest absolute Gasteiger partial charge is 1.00 e. The molecule has 0 aliphatic carbocycles. The van der Waals surface area contributed by atoms with Crippen molar-refractivity contribution in [3.63, 3.8) is 0 Å². The van der Waals surface area contributed by atoms with Crippen molar-refractivity contribution in [2.75, 3.05) is 6.61 Å². The summed E-state index contributed by atoms with van der Waals surface area (Å²) in [5.74, 6) is -2.73. The molecule has 0 rings (SSSR count). The van der Waals surface area contributed by atoms with Crippen LogP contribution in [0.1, 0.15) is 34.0 Å². The molecule has 0 aromatic carbocycles. The second kappa shape index (κ2) is 10.3. The van der Waals surface area contributed by atoms with E-state index < -0.39 is 33.7 Å². The smallest absolute Gasteiger partial charge is 1.00 e. The van der Waals surface area contributed by atoms with Gasteiger partial charge in [-0.05, 0) is 6.42 Å². The van der Waals surface area contributed by atoms with Crippen LogP contribution < -0.4 is 51.4 Å². The summed E-state index contributed by atoms with van der Waals surface area (Å²) in [5.41, 5.74) is 0. The van der Waals surface area contributed by atoms with Crippen molar-refractivity contribution in [3.8, 4) is 0 Å². The van der Waals surface area contributed by atoms with E-state index in [0.717, 1.165) is 12.8 Å². The molecule has 0 saturated carbocycles. The van der Waals surface area contributed by atoms with E-state index in [1.54, 1.807) is 0 Å². The zero-order valence-corrected chi connectivity index (χ0v) is 14.4. The zero-order valence-electron chi connectivity index (χ0n) is 11.5. The normalized spacial score (nSPS) is 12.3. The molecule has 0 heterocycles. The average Bonchev–Trinajstić information content (AvgIpc) is 2.19. The van der Waals surface area contributed by atoms with Crippen LogP contribution in [0.2, 0.25) is 0 Å². The quantitative estimate of drug-likeness (QED) is 0.221. The van der Waals surface area contributed by atoms with Crippen molar-refractivity contribution in [3.05, 3.63) is 0 Å². The molecule has 0 amide bonds. The van der Waals surface area contributed by atoms with Gasteiger partial charge in [0.1, 0.15) is 0 Å². The third-order valence-electron chi connectivity index (χ3n) is 1.97. The SMILES string of the molecule is CCCCCOC(=O)C(CC(=O)O)S(=O)(=O)O.[H-].[K+]. The van der Waals surface area contributed by atoms with E-state index in [1.165, 1.54) is 0 Å². The first-order valence-corrected chi connectivity index (χ1v) is 6.64. The Labute approximate surface area is 150 Å². The Morgan fingerprint density at radius 2 is 1.89 bits per heavy atom. The maximum Gasteiger partial charge on any atom is 1.00 e. The predicted molar refractivity (Wildman–Crippen MR) is 59.2 cm³/mol. The first-order valence-electron chi connectivity index (χ1n) is 5.13. The van der Waals surface area contributed by atoms with Crippen molar-refractivity contribution in [1.29, 1.82) is 0 Å². The molecule has 7 nitrogen and oxygen atoms in total. The fourth-order valence-corrected chi connectivity index (χ4v) is 1.75. The second-order valence-electron chi connectivity index (χ2n) is 3.48. The molecule has 0 radical (unpaired) electrons. The summed E-state index contributed by atoms with van der Waals surface area (Å²) >= 11 is 0. The number of hydrogen-bond acceptors (Lipinski definition) is 5. The van der Waals surface area contributed by atoms with Crippen molar-refractivity contribution in [2.45, 2.75) is 37.9 Å². The number of rotatable bonds is 8. The molecule has 102 valence electrons. The number of hydrogen-bond donors (Lipinski definition) is 2. The summed E-state index contributed by atoms with van der Waals surface area (Å²) < 4.78 is 34.9. The minimum atomic E-state index is -4.76. The van der Waals surface area contributed by atoms with E-state index in [0.29, 0.717) is 6.42 Å². The first kappa shape index (κ1) is 20.8. The Morgan fingerprint density at radius 1 is 1.33 bits per heavy atom. The minimum Gasteiger partial charge on any atom is -1.00 e. The Balaban J connectivity index is -0.00000128. The van der Waals surface area contributed by atoms with Gasteiger partial charge >= 0.3 is 63.3 Å². The number of unbranched alkanes of at least 4 members (excludes halogenated alkanes) is 2. The molecule has 9 heteroatoms. The fourth-order valence-electron chi connectivity index (χ4n) is 1.09. The van der Waals surface area contributed by atoms with Crippen LogP contribution in [0, 0.1) is 0 Å². The molecule has 0 aromatic heterocycles. The summed E-state index contributed by atoms with van der Waals surface area (Å²) in [6.07, 6.45) is 1.26. The van der Waals surface area contributed by atoms with Gasteiger partial charge in [0.2, 0.25) is 0 Å². The van der Waals surface area contributed by atoms with Crippen molar-refractivity contribution in [1.82, 2.24) is 0 Å². The monoisotopic (exact) mass is 308 g/mol. The van der Waals surface area contributed by atoms with E-state index in [9.17, 15) is 18.0 Å². The minimum absolute atomic E-state index is 0. The van der Waals surface area contributed by atoms with Gasteiger partial charge in [-0.3, -0.25) is 14.1 Å². The van der Waals surface area contributed by atoms with E-state index in [4.69, 9.17) is 9.66 Å². The van der Waals surface area contributed by atoms with E-state index >= 15 is 0 Å². The summed E-state index contributed by atoms with van der Waals surface area (Å²) in [6.45, 7) is 1.95. The fraction of sp³-hybridized carbons (Fsp3) is 0.778. The molecule has 0 aliphatic heterocycles. The van der Waals surface area contributed by atoms with Crippen LogP contribution in [0.4, 0.5) is 0 Å². The third-order valence-corrected chi connectivity index (χ3v) is 3.05. The second-order valence-corrected chi connectivity index (χ2v) is 5.08. The molecule has 0 spiro atoms. The summed E-state index contributed by atoms with van der Waals surface area (Å²) in [7, 11) is -4.76. The molecular formula is C9H17KO7S. The van der Waals surface area contributed by atoms with Gasteiger partial charge in [-0.25, -0.2) is 0 Å². The first-order chi connectivity index (χ1) is 7.79. The molecular weight excluding hydrogens is 291 g/mol. The molecule has 2 N–H and O–H groups in total. The van der Waals surface area contributed by atoms with Gasteiger partial charge in [0, 0.05) is 0 Å². The van der Waals surface area contributed by atoms with Gasteiger partial charge in [0.25, 0.3) is 10.1 Å². The molecule has 0 saturated heterocycles. The summed E-state index contributed by atoms with van der Waals surface area (Å²) in [5, 5.41) is 6.37. The number of carbonyl (C=O) groups is 2. The number of carboxylic acids is 1. The summed E-state index contributed by atoms with van der Waals surface area (Å²) in [6, 6.07) is 0. The topological polar surface area (TPSA) is 118 Å². The van der Waals surface area contributed by atoms with Crippen LogP contribution in [-0.2, 0) is 24.4 Å². The van der Waals surface area contributed by atoms with Crippen molar-refractivity contribution >= 4 is 22.1 Å². The number of carbonyl (C=O) groups excluding carboxylic acids is 1. The van der Waals surface area contributed by atoms with Crippen molar-refractivity contribution in [2.24, 2.45) is 0 Å². The molecule has 0 bridgehead atoms. The van der Waals surface area contributed by atoms with Gasteiger partial charge in [-0.2, -0.15) is 8.42 Å². The van der Waals surface area contributed by atoms with Gasteiger partial charge in [0.15, 0.2) is 5.25 Å². The van der Waals surface area contributed by atoms with Crippen LogP contribution in [0.5, 0.6) is 0 Å². The van der Waals surface area contributed by atoms with Crippen LogP contribution in [-0.4, -0.2) is 41.9 Å². The van der Waals surface area contributed by atoms with E-state index in [-0.39, 0.29) is 59.4 Å². The summed E-state index contributed by atoms with van der Waals surface area (Å²) in [4.78, 5) is 21.6. The van der Waals surface area contributed by atoms with Crippen LogP contribution in [0.3, 0.4) is 0 Å². The molecule has 0 aliphatic rings. The number of aliphatic carboxylic acids is 1. The van der Waals surface area contributed by atoms with E-state index in [1.807, 2.05) is 6.92 Å². The van der Waals surface area contributed by atoms with Crippen LogP contribution in [0.15, 0.2) is 0 Å².